The molecule has 4 rings (SSSR count). The highest BCUT2D eigenvalue weighted by atomic mass is 35.5. The van der Waals surface area contributed by atoms with Crippen molar-refractivity contribution in [3.63, 3.8) is 0 Å². The highest BCUT2D eigenvalue weighted by Gasteiger charge is 2.23. The quantitative estimate of drug-likeness (QED) is 0.606. The van der Waals surface area contributed by atoms with Crippen LogP contribution in [0.15, 0.2) is 59.1 Å². The molecule has 1 aromatic heterocycles. The van der Waals surface area contributed by atoms with Crippen molar-refractivity contribution in [3.8, 4) is 11.3 Å². The van der Waals surface area contributed by atoms with E-state index in [1.807, 2.05) is 36.4 Å². The minimum absolute atomic E-state index is 0.0778. The number of aromatic nitrogens is 1. The lowest BCUT2D eigenvalue weighted by atomic mass is 9.97. The Balaban J connectivity index is 1.36. The van der Waals surface area contributed by atoms with Gasteiger partial charge in [0.1, 0.15) is 5.69 Å². The molecule has 2 heterocycles. The summed E-state index contributed by atoms with van der Waals surface area (Å²) in [7, 11) is 0. The molecule has 1 aliphatic rings. The number of amides is 2. The van der Waals surface area contributed by atoms with E-state index >= 15 is 0 Å². The Bertz CT molecular complexity index is 1080. The fourth-order valence-electron chi connectivity index (χ4n) is 3.74. The Hall–Kier alpha value is -3.16. The topological polar surface area (TPSA) is 101 Å². The number of likely N-dealkylation sites (tertiary alicyclic amines) is 1. The van der Waals surface area contributed by atoms with Crippen LogP contribution in [0.1, 0.15) is 29.0 Å². The number of carbonyl (C=O) groups is 2. The van der Waals surface area contributed by atoms with Crippen molar-refractivity contribution < 1.29 is 14.1 Å². The first kappa shape index (κ1) is 21.1. The molecule has 31 heavy (non-hydrogen) atoms. The maximum atomic E-state index is 12.5. The van der Waals surface area contributed by atoms with Crippen LogP contribution in [0.25, 0.3) is 11.3 Å². The molecule has 3 N–H and O–H groups in total. The van der Waals surface area contributed by atoms with E-state index in [1.54, 1.807) is 18.2 Å². The summed E-state index contributed by atoms with van der Waals surface area (Å²) in [6.45, 7) is 2.38. The highest BCUT2D eigenvalue weighted by Crippen LogP contribution is 2.23. The van der Waals surface area contributed by atoms with Gasteiger partial charge in [0, 0.05) is 35.4 Å². The van der Waals surface area contributed by atoms with Crippen LogP contribution in [-0.4, -0.2) is 35.0 Å². The number of benzene rings is 2. The van der Waals surface area contributed by atoms with Gasteiger partial charge in [0.05, 0.1) is 5.92 Å². The average molecular weight is 439 g/mol. The van der Waals surface area contributed by atoms with E-state index in [2.05, 4.69) is 15.4 Å². The van der Waals surface area contributed by atoms with Crippen molar-refractivity contribution in [2.75, 3.05) is 18.4 Å². The standard InChI is InChI=1S/C23H23ClN4O3/c24-18-5-1-3-16(11-18)20-12-21(31-27-20)23(30)26-19-8-6-15(7-9-19)13-28-10-2-4-17(14-28)22(25)29/h1,3,5-9,11-12,17H,2,4,10,13-14H2,(H2,25,29)(H,26,30). The summed E-state index contributed by atoms with van der Waals surface area (Å²) < 4.78 is 5.20. The maximum Gasteiger partial charge on any atom is 0.294 e. The molecular weight excluding hydrogens is 416 g/mol. The molecular formula is C23H23ClN4O3. The van der Waals surface area contributed by atoms with Crippen LogP contribution in [0.2, 0.25) is 5.02 Å². The zero-order valence-electron chi connectivity index (χ0n) is 16.9. The molecule has 1 aliphatic heterocycles. The van der Waals surface area contributed by atoms with Gasteiger partial charge in [0.2, 0.25) is 11.7 Å². The zero-order chi connectivity index (χ0) is 21.8. The van der Waals surface area contributed by atoms with Gasteiger partial charge in [-0.25, -0.2) is 0 Å². The highest BCUT2D eigenvalue weighted by molar-refractivity contribution is 6.30. The van der Waals surface area contributed by atoms with E-state index in [9.17, 15) is 9.59 Å². The Morgan fingerprint density at radius 3 is 2.74 bits per heavy atom. The number of hydrogen-bond acceptors (Lipinski definition) is 5. The molecule has 8 heteroatoms. The molecule has 0 aliphatic carbocycles. The number of anilines is 1. The molecule has 0 saturated carbocycles. The van der Waals surface area contributed by atoms with Crippen LogP contribution in [0, 0.1) is 5.92 Å². The lowest BCUT2D eigenvalue weighted by molar-refractivity contribution is -0.123. The summed E-state index contributed by atoms with van der Waals surface area (Å²) in [6.07, 6.45) is 1.83. The number of primary amides is 1. The van der Waals surface area contributed by atoms with Crippen molar-refractivity contribution >= 4 is 29.1 Å². The number of piperidine rings is 1. The third-order valence-corrected chi connectivity index (χ3v) is 5.62. The molecule has 2 amide bonds. The van der Waals surface area contributed by atoms with Gasteiger partial charge in [-0.05, 0) is 49.2 Å². The first-order chi connectivity index (χ1) is 15.0. The zero-order valence-corrected chi connectivity index (χ0v) is 17.6. The SMILES string of the molecule is NC(=O)C1CCCN(Cc2ccc(NC(=O)c3cc(-c4cccc(Cl)c4)no3)cc2)C1. The number of nitrogens with two attached hydrogens (primary N) is 1. The van der Waals surface area contributed by atoms with Gasteiger partial charge in [0.25, 0.3) is 5.91 Å². The largest absolute Gasteiger partial charge is 0.369 e. The van der Waals surface area contributed by atoms with Gasteiger partial charge < -0.3 is 15.6 Å². The smallest absolute Gasteiger partial charge is 0.294 e. The second kappa shape index (κ2) is 9.32. The summed E-state index contributed by atoms with van der Waals surface area (Å²) in [5.41, 5.74) is 8.53. The Labute approximate surface area is 185 Å². The van der Waals surface area contributed by atoms with Crippen LogP contribution in [0.4, 0.5) is 5.69 Å². The second-order valence-electron chi connectivity index (χ2n) is 7.71. The van der Waals surface area contributed by atoms with Crippen molar-refractivity contribution in [1.29, 1.82) is 0 Å². The molecule has 0 radical (unpaired) electrons. The van der Waals surface area contributed by atoms with E-state index in [-0.39, 0.29) is 23.5 Å². The second-order valence-corrected chi connectivity index (χ2v) is 8.15. The molecule has 7 nitrogen and oxygen atoms in total. The van der Waals surface area contributed by atoms with Crippen LogP contribution in [-0.2, 0) is 11.3 Å². The molecule has 0 spiro atoms. The predicted molar refractivity (Wildman–Crippen MR) is 119 cm³/mol. The minimum atomic E-state index is -0.381. The lowest BCUT2D eigenvalue weighted by Crippen LogP contribution is -2.40. The third kappa shape index (κ3) is 5.31. The van der Waals surface area contributed by atoms with E-state index in [0.29, 0.717) is 22.9 Å². The molecule has 2 aromatic carbocycles. The van der Waals surface area contributed by atoms with E-state index in [1.165, 1.54) is 0 Å². The number of hydrogen-bond donors (Lipinski definition) is 2. The number of halogens is 1. The lowest BCUT2D eigenvalue weighted by Gasteiger charge is -2.31. The summed E-state index contributed by atoms with van der Waals surface area (Å²) >= 11 is 6.01. The summed E-state index contributed by atoms with van der Waals surface area (Å²) in [5, 5.41) is 7.35. The van der Waals surface area contributed by atoms with Crippen molar-refractivity contribution in [2.24, 2.45) is 11.7 Å². The van der Waals surface area contributed by atoms with Crippen molar-refractivity contribution in [2.45, 2.75) is 19.4 Å². The fraction of sp³-hybridized carbons (Fsp3) is 0.261. The molecule has 3 aromatic rings. The molecule has 1 fully saturated rings. The van der Waals surface area contributed by atoms with Gasteiger partial charge in [0.15, 0.2) is 0 Å². The van der Waals surface area contributed by atoms with Gasteiger partial charge in [-0.2, -0.15) is 0 Å². The predicted octanol–water partition coefficient (Wildman–Crippen LogP) is 3.94. The van der Waals surface area contributed by atoms with Crippen molar-refractivity contribution in [3.05, 3.63) is 70.9 Å². The minimum Gasteiger partial charge on any atom is -0.369 e. The summed E-state index contributed by atoms with van der Waals surface area (Å²) in [4.78, 5) is 26.2. The van der Waals surface area contributed by atoms with Gasteiger partial charge in [-0.3, -0.25) is 14.5 Å². The number of nitrogens with zero attached hydrogens (tertiary/aromatic N) is 2. The number of rotatable bonds is 6. The third-order valence-electron chi connectivity index (χ3n) is 5.38. The van der Waals surface area contributed by atoms with Gasteiger partial charge in [-0.15, -0.1) is 0 Å². The number of carbonyl (C=O) groups excluding carboxylic acids is 2. The van der Waals surface area contributed by atoms with E-state index < -0.39 is 0 Å². The molecule has 1 atom stereocenters. The summed E-state index contributed by atoms with van der Waals surface area (Å²) in [6, 6.07) is 16.4. The van der Waals surface area contributed by atoms with Gasteiger partial charge >= 0.3 is 0 Å². The van der Waals surface area contributed by atoms with Crippen LogP contribution >= 0.6 is 11.6 Å². The normalized spacial score (nSPS) is 16.7. The average Bonchev–Trinajstić information content (AvgIpc) is 3.26. The molecule has 1 saturated heterocycles. The van der Waals surface area contributed by atoms with Crippen LogP contribution < -0.4 is 11.1 Å². The first-order valence-electron chi connectivity index (χ1n) is 10.1. The molecule has 160 valence electrons. The van der Waals surface area contributed by atoms with Crippen LogP contribution in [0.5, 0.6) is 0 Å². The number of nitrogens with one attached hydrogen (secondary N) is 1. The van der Waals surface area contributed by atoms with E-state index in [4.69, 9.17) is 21.9 Å². The van der Waals surface area contributed by atoms with Gasteiger partial charge in [-0.1, -0.05) is 41.0 Å². The maximum absolute atomic E-state index is 12.5. The monoisotopic (exact) mass is 438 g/mol. The summed E-state index contributed by atoms with van der Waals surface area (Å²) in [5.74, 6) is -0.571. The van der Waals surface area contributed by atoms with E-state index in [0.717, 1.165) is 37.1 Å². The fourth-order valence-corrected chi connectivity index (χ4v) is 3.93. The molecule has 1 unspecified atom stereocenters. The Kier molecular flexibility index (Phi) is 6.34. The Morgan fingerprint density at radius 1 is 1.19 bits per heavy atom. The first-order valence-corrected chi connectivity index (χ1v) is 10.5. The Morgan fingerprint density at radius 2 is 2.00 bits per heavy atom. The van der Waals surface area contributed by atoms with Crippen LogP contribution in [0.3, 0.4) is 0 Å². The van der Waals surface area contributed by atoms with Crippen molar-refractivity contribution in [1.82, 2.24) is 10.1 Å². The molecule has 0 bridgehead atoms.